The third-order valence-corrected chi connectivity index (χ3v) is 2.70. The number of nitrogens with zero attached hydrogens (tertiary/aromatic N) is 5. The molecule has 0 unspecified atom stereocenters. The van der Waals surface area contributed by atoms with Crippen LogP contribution in [0.25, 0.3) is 0 Å². The van der Waals surface area contributed by atoms with Gasteiger partial charge < -0.3 is 0 Å². The lowest BCUT2D eigenvalue weighted by Crippen LogP contribution is -2.44. The van der Waals surface area contributed by atoms with Crippen LogP contribution in [0.1, 0.15) is 12.0 Å². The van der Waals surface area contributed by atoms with Gasteiger partial charge in [0.15, 0.2) is 0 Å². The van der Waals surface area contributed by atoms with Gasteiger partial charge in [0.1, 0.15) is 0 Å². The molecule has 1 aliphatic heterocycles. The van der Waals surface area contributed by atoms with Crippen LogP contribution in [-0.2, 0) is 11.3 Å². The third-order valence-electron chi connectivity index (χ3n) is 2.70. The minimum Gasteiger partial charge on any atom is -0.277 e. The Bertz CT molecular complexity index is 536. The summed E-state index contributed by atoms with van der Waals surface area (Å²) in [6.07, 6.45) is 0.577. The fraction of sp³-hybridized carbons (Fsp3) is 0.273. The Labute approximate surface area is 97.8 Å². The SMILES string of the molecule is O=C1CCN1c1nnn(Cc2ccccc2)n1. The van der Waals surface area contributed by atoms with Gasteiger partial charge in [0.2, 0.25) is 5.91 Å². The summed E-state index contributed by atoms with van der Waals surface area (Å²) in [4.78, 5) is 14.2. The zero-order chi connectivity index (χ0) is 11.7. The third kappa shape index (κ3) is 1.89. The largest absolute Gasteiger partial charge is 0.277 e. The molecule has 0 N–H and O–H groups in total. The Morgan fingerprint density at radius 3 is 2.71 bits per heavy atom. The molecule has 3 rings (SSSR count). The molecule has 86 valence electrons. The second-order valence-electron chi connectivity index (χ2n) is 3.90. The number of anilines is 1. The van der Waals surface area contributed by atoms with Gasteiger partial charge in [-0.2, -0.15) is 4.80 Å². The maximum atomic E-state index is 11.2. The van der Waals surface area contributed by atoms with E-state index in [9.17, 15) is 4.79 Å². The van der Waals surface area contributed by atoms with Gasteiger partial charge in [-0.25, -0.2) is 0 Å². The van der Waals surface area contributed by atoms with E-state index in [-0.39, 0.29) is 5.91 Å². The molecule has 1 aromatic carbocycles. The van der Waals surface area contributed by atoms with E-state index in [0.717, 1.165) is 5.56 Å². The van der Waals surface area contributed by atoms with Crippen molar-refractivity contribution >= 4 is 11.9 Å². The smallest absolute Gasteiger partial charge is 0.272 e. The number of amides is 1. The van der Waals surface area contributed by atoms with Gasteiger partial charge in [0.25, 0.3) is 5.95 Å². The van der Waals surface area contributed by atoms with E-state index in [1.54, 1.807) is 0 Å². The standard InChI is InChI=1S/C11H11N5O/c17-10-6-7-15(10)11-12-14-16(13-11)8-9-4-2-1-3-5-9/h1-5H,6-8H2. The molecule has 0 aliphatic carbocycles. The van der Waals surface area contributed by atoms with E-state index in [1.807, 2.05) is 30.3 Å². The lowest BCUT2D eigenvalue weighted by molar-refractivity contribution is -0.122. The Kier molecular flexibility index (Phi) is 2.32. The number of β-lactam (4-membered cyclic amide) rings is 1. The summed E-state index contributed by atoms with van der Waals surface area (Å²) < 4.78 is 0. The van der Waals surface area contributed by atoms with E-state index in [4.69, 9.17) is 0 Å². The van der Waals surface area contributed by atoms with Crippen LogP contribution in [0.15, 0.2) is 30.3 Å². The minimum absolute atomic E-state index is 0.0595. The Hall–Kier alpha value is -2.24. The number of rotatable bonds is 3. The summed E-state index contributed by atoms with van der Waals surface area (Å²) >= 11 is 0. The van der Waals surface area contributed by atoms with Crippen LogP contribution < -0.4 is 4.90 Å². The predicted octanol–water partition coefficient (Wildman–Crippen LogP) is 0.458. The number of hydrogen-bond acceptors (Lipinski definition) is 4. The monoisotopic (exact) mass is 229 g/mol. The molecule has 6 heteroatoms. The number of hydrogen-bond donors (Lipinski definition) is 0. The van der Waals surface area contributed by atoms with Crippen LogP contribution >= 0.6 is 0 Å². The molecule has 0 spiro atoms. The highest BCUT2D eigenvalue weighted by Gasteiger charge is 2.28. The fourth-order valence-corrected chi connectivity index (χ4v) is 1.68. The van der Waals surface area contributed by atoms with Gasteiger partial charge in [-0.05, 0) is 10.8 Å². The lowest BCUT2D eigenvalue weighted by Gasteiger charge is -2.26. The highest BCUT2D eigenvalue weighted by molar-refractivity contribution is 5.97. The normalized spacial score (nSPS) is 14.8. The second-order valence-corrected chi connectivity index (χ2v) is 3.90. The van der Waals surface area contributed by atoms with E-state index >= 15 is 0 Å². The maximum absolute atomic E-state index is 11.2. The summed E-state index contributed by atoms with van der Waals surface area (Å²) in [5.74, 6) is 0.460. The lowest BCUT2D eigenvalue weighted by atomic mass is 10.2. The molecule has 17 heavy (non-hydrogen) atoms. The van der Waals surface area contributed by atoms with Crippen molar-refractivity contribution in [2.75, 3.05) is 11.4 Å². The van der Waals surface area contributed by atoms with E-state index in [0.29, 0.717) is 25.5 Å². The molecular weight excluding hydrogens is 218 g/mol. The zero-order valence-corrected chi connectivity index (χ0v) is 9.15. The van der Waals surface area contributed by atoms with Crippen molar-refractivity contribution in [3.05, 3.63) is 35.9 Å². The van der Waals surface area contributed by atoms with Crippen molar-refractivity contribution in [1.29, 1.82) is 0 Å². The topological polar surface area (TPSA) is 63.9 Å². The van der Waals surface area contributed by atoms with Crippen LogP contribution in [0.5, 0.6) is 0 Å². The maximum Gasteiger partial charge on any atom is 0.272 e. The van der Waals surface area contributed by atoms with Gasteiger partial charge in [0, 0.05) is 13.0 Å². The molecule has 0 radical (unpaired) electrons. The highest BCUT2D eigenvalue weighted by atomic mass is 16.2. The van der Waals surface area contributed by atoms with Crippen LogP contribution in [0.3, 0.4) is 0 Å². The number of carbonyl (C=O) groups excluding carboxylic acids is 1. The first-order valence-electron chi connectivity index (χ1n) is 5.45. The molecule has 1 amide bonds. The second kappa shape index (κ2) is 3.97. The van der Waals surface area contributed by atoms with Crippen LogP contribution in [0.4, 0.5) is 5.95 Å². The Morgan fingerprint density at radius 1 is 1.24 bits per heavy atom. The number of tetrazole rings is 1. The van der Waals surface area contributed by atoms with E-state index in [1.165, 1.54) is 9.70 Å². The average Bonchev–Trinajstić information content (AvgIpc) is 2.76. The summed E-state index contributed by atoms with van der Waals surface area (Å²) in [6, 6.07) is 9.89. The molecule has 2 heterocycles. The van der Waals surface area contributed by atoms with Crippen LogP contribution in [0.2, 0.25) is 0 Å². The van der Waals surface area contributed by atoms with Crippen molar-refractivity contribution in [2.24, 2.45) is 0 Å². The molecule has 0 atom stereocenters. The van der Waals surface area contributed by atoms with E-state index in [2.05, 4.69) is 15.4 Å². The first-order chi connectivity index (χ1) is 8.33. The molecule has 6 nitrogen and oxygen atoms in total. The molecule has 0 bridgehead atoms. The van der Waals surface area contributed by atoms with Crippen molar-refractivity contribution in [3.63, 3.8) is 0 Å². The summed E-state index contributed by atoms with van der Waals surface area (Å²) in [5.41, 5.74) is 1.10. The Balaban J connectivity index is 1.75. The van der Waals surface area contributed by atoms with Crippen LogP contribution in [-0.4, -0.2) is 32.7 Å². The molecule has 1 aromatic heterocycles. The molecule has 2 aromatic rings. The molecule has 1 aliphatic rings. The quantitative estimate of drug-likeness (QED) is 0.717. The van der Waals surface area contributed by atoms with Crippen molar-refractivity contribution in [3.8, 4) is 0 Å². The first kappa shape index (κ1) is 9.95. The van der Waals surface area contributed by atoms with Crippen molar-refractivity contribution in [1.82, 2.24) is 20.2 Å². The molecule has 0 saturated carbocycles. The summed E-state index contributed by atoms with van der Waals surface area (Å²) in [6.45, 7) is 1.26. The average molecular weight is 229 g/mol. The van der Waals surface area contributed by atoms with Gasteiger partial charge in [-0.1, -0.05) is 35.4 Å². The fourth-order valence-electron chi connectivity index (χ4n) is 1.68. The number of benzene rings is 1. The van der Waals surface area contributed by atoms with E-state index < -0.39 is 0 Å². The van der Waals surface area contributed by atoms with Gasteiger partial charge >= 0.3 is 0 Å². The molecular formula is C11H11N5O. The summed E-state index contributed by atoms with van der Waals surface area (Å²) in [7, 11) is 0. The van der Waals surface area contributed by atoms with Gasteiger partial charge in [0.05, 0.1) is 6.54 Å². The molecule has 1 fully saturated rings. The first-order valence-corrected chi connectivity index (χ1v) is 5.45. The minimum atomic E-state index is 0.0595. The van der Waals surface area contributed by atoms with Gasteiger partial charge in [-0.15, -0.1) is 5.10 Å². The summed E-state index contributed by atoms with van der Waals surface area (Å²) in [5, 5.41) is 12.0. The van der Waals surface area contributed by atoms with Gasteiger partial charge in [-0.3, -0.25) is 9.69 Å². The molecule has 1 saturated heterocycles. The van der Waals surface area contributed by atoms with Crippen molar-refractivity contribution in [2.45, 2.75) is 13.0 Å². The highest BCUT2D eigenvalue weighted by Crippen LogP contribution is 2.15. The van der Waals surface area contributed by atoms with Crippen molar-refractivity contribution < 1.29 is 4.79 Å². The number of aromatic nitrogens is 4. The predicted molar refractivity (Wildman–Crippen MR) is 60.3 cm³/mol. The zero-order valence-electron chi connectivity index (χ0n) is 9.15. The van der Waals surface area contributed by atoms with Crippen LogP contribution in [0, 0.1) is 0 Å². The number of carbonyl (C=O) groups is 1. The Morgan fingerprint density at radius 2 is 2.06 bits per heavy atom.